The van der Waals surface area contributed by atoms with Gasteiger partial charge in [-0.3, -0.25) is 9.78 Å². The lowest BCUT2D eigenvalue weighted by atomic mass is 10.1. The van der Waals surface area contributed by atoms with Crippen molar-refractivity contribution in [3.8, 4) is 0 Å². The summed E-state index contributed by atoms with van der Waals surface area (Å²) in [5, 5.41) is 5.87. The summed E-state index contributed by atoms with van der Waals surface area (Å²) in [6, 6.07) is 3.67. The molecule has 4 nitrogen and oxygen atoms in total. The molecular formula is C11H13N3O. The summed E-state index contributed by atoms with van der Waals surface area (Å²) >= 11 is 0. The number of hydrogen-bond acceptors (Lipinski definition) is 3. The van der Waals surface area contributed by atoms with Crippen molar-refractivity contribution >= 4 is 17.7 Å². The molecule has 1 amide bonds. The molecule has 0 saturated heterocycles. The number of amides is 1. The largest absolute Gasteiger partial charge is 0.329 e. The van der Waals surface area contributed by atoms with E-state index < -0.39 is 0 Å². The normalized spacial score (nSPS) is 15.6. The smallest absolute Gasteiger partial charge is 0.211 e. The molecule has 0 spiro atoms. The molecular weight excluding hydrogens is 190 g/mol. The van der Waals surface area contributed by atoms with E-state index in [9.17, 15) is 4.79 Å². The van der Waals surface area contributed by atoms with Gasteiger partial charge in [0.05, 0.1) is 5.69 Å². The van der Waals surface area contributed by atoms with Crippen molar-refractivity contribution in [3.63, 3.8) is 0 Å². The SMILES string of the molecule is O=CNc1ccnc(C2=CCNCC2)c1. The first kappa shape index (κ1) is 9.86. The highest BCUT2D eigenvalue weighted by Gasteiger charge is 2.07. The number of carbonyl (C=O) groups excluding carboxylic acids is 1. The van der Waals surface area contributed by atoms with Gasteiger partial charge in [0.1, 0.15) is 0 Å². The Balaban J connectivity index is 2.23. The van der Waals surface area contributed by atoms with Crippen LogP contribution in [0, 0.1) is 0 Å². The van der Waals surface area contributed by atoms with Crippen LogP contribution >= 0.6 is 0 Å². The Kier molecular flexibility index (Phi) is 3.09. The predicted molar refractivity (Wildman–Crippen MR) is 59.4 cm³/mol. The zero-order valence-corrected chi connectivity index (χ0v) is 8.36. The number of nitrogens with one attached hydrogen (secondary N) is 2. The highest BCUT2D eigenvalue weighted by atomic mass is 16.1. The first-order valence-electron chi connectivity index (χ1n) is 4.96. The third kappa shape index (κ3) is 2.41. The van der Waals surface area contributed by atoms with Crippen LogP contribution < -0.4 is 10.6 Å². The Bertz CT molecular complexity index is 387. The van der Waals surface area contributed by atoms with Gasteiger partial charge in [0.25, 0.3) is 0 Å². The molecule has 2 rings (SSSR count). The second kappa shape index (κ2) is 4.70. The maximum Gasteiger partial charge on any atom is 0.211 e. The van der Waals surface area contributed by atoms with E-state index in [-0.39, 0.29) is 0 Å². The molecule has 2 heterocycles. The van der Waals surface area contributed by atoms with E-state index >= 15 is 0 Å². The summed E-state index contributed by atoms with van der Waals surface area (Å²) in [5.41, 5.74) is 2.97. The molecule has 0 aromatic carbocycles. The van der Waals surface area contributed by atoms with E-state index in [0.717, 1.165) is 30.9 Å². The maximum absolute atomic E-state index is 10.3. The van der Waals surface area contributed by atoms with E-state index in [1.807, 2.05) is 6.07 Å². The van der Waals surface area contributed by atoms with Crippen molar-refractivity contribution in [3.05, 3.63) is 30.1 Å². The number of anilines is 1. The minimum absolute atomic E-state index is 0.677. The Morgan fingerprint density at radius 1 is 1.53 bits per heavy atom. The zero-order chi connectivity index (χ0) is 10.5. The molecule has 78 valence electrons. The molecule has 15 heavy (non-hydrogen) atoms. The van der Waals surface area contributed by atoms with Gasteiger partial charge in [0.2, 0.25) is 6.41 Å². The summed E-state index contributed by atoms with van der Waals surface area (Å²) in [4.78, 5) is 14.6. The summed E-state index contributed by atoms with van der Waals surface area (Å²) in [7, 11) is 0. The number of carbonyl (C=O) groups is 1. The second-order valence-corrected chi connectivity index (χ2v) is 3.38. The third-order valence-electron chi connectivity index (χ3n) is 2.38. The zero-order valence-electron chi connectivity index (χ0n) is 8.36. The van der Waals surface area contributed by atoms with Crippen LogP contribution in [-0.2, 0) is 4.79 Å². The van der Waals surface area contributed by atoms with Crippen LogP contribution in [0.25, 0.3) is 5.57 Å². The molecule has 1 aliphatic rings. The number of aromatic nitrogens is 1. The topological polar surface area (TPSA) is 54.0 Å². The third-order valence-corrected chi connectivity index (χ3v) is 2.38. The van der Waals surface area contributed by atoms with E-state index in [1.165, 1.54) is 5.57 Å². The summed E-state index contributed by atoms with van der Waals surface area (Å²) < 4.78 is 0. The van der Waals surface area contributed by atoms with Crippen LogP contribution in [-0.4, -0.2) is 24.5 Å². The van der Waals surface area contributed by atoms with Crippen LogP contribution in [0.4, 0.5) is 5.69 Å². The number of pyridine rings is 1. The van der Waals surface area contributed by atoms with Crippen LogP contribution in [0.15, 0.2) is 24.4 Å². The molecule has 0 saturated carbocycles. The van der Waals surface area contributed by atoms with Gasteiger partial charge < -0.3 is 10.6 Å². The van der Waals surface area contributed by atoms with Gasteiger partial charge >= 0.3 is 0 Å². The van der Waals surface area contributed by atoms with Gasteiger partial charge in [-0.25, -0.2) is 0 Å². The van der Waals surface area contributed by atoms with Crippen molar-refractivity contribution in [2.45, 2.75) is 6.42 Å². The van der Waals surface area contributed by atoms with Gasteiger partial charge in [0, 0.05) is 18.4 Å². The van der Waals surface area contributed by atoms with Crippen molar-refractivity contribution < 1.29 is 4.79 Å². The van der Waals surface area contributed by atoms with E-state index in [4.69, 9.17) is 0 Å². The fourth-order valence-corrected chi connectivity index (χ4v) is 1.62. The predicted octanol–water partition coefficient (Wildman–Crippen LogP) is 1.03. The highest BCUT2D eigenvalue weighted by Crippen LogP contribution is 2.19. The molecule has 0 atom stereocenters. The molecule has 1 aromatic heterocycles. The van der Waals surface area contributed by atoms with Crippen molar-refractivity contribution in [1.29, 1.82) is 0 Å². The first-order valence-corrected chi connectivity index (χ1v) is 4.96. The Morgan fingerprint density at radius 3 is 3.20 bits per heavy atom. The number of rotatable bonds is 3. The van der Waals surface area contributed by atoms with Crippen LogP contribution in [0.2, 0.25) is 0 Å². The summed E-state index contributed by atoms with van der Waals surface area (Å²) in [6.45, 7) is 1.88. The molecule has 0 aliphatic carbocycles. The monoisotopic (exact) mass is 203 g/mol. The van der Waals surface area contributed by atoms with Gasteiger partial charge in [-0.15, -0.1) is 0 Å². The van der Waals surface area contributed by atoms with E-state index in [0.29, 0.717) is 6.41 Å². The Labute approximate surface area is 88.4 Å². The summed E-state index contributed by atoms with van der Waals surface area (Å²) in [5.74, 6) is 0. The Morgan fingerprint density at radius 2 is 2.47 bits per heavy atom. The standard InChI is InChI=1S/C11H13N3O/c15-8-14-10-3-6-13-11(7-10)9-1-4-12-5-2-9/h1,3,6-8,12H,2,4-5H2,(H,13,14,15). The average molecular weight is 203 g/mol. The number of hydrogen-bond donors (Lipinski definition) is 2. The molecule has 0 unspecified atom stereocenters. The second-order valence-electron chi connectivity index (χ2n) is 3.38. The maximum atomic E-state index is 10.3. The van der Waals surface area contributed by atoms with Crippen molar-refractivity contribution in [1.82, 2.24) is 10.3 Å². The van der Waals surface area contributed by atoms with E-state index in [2.05, 4.69) is 21.7 Å². The lowest BCUT2D eigenvalue weighted by Crippen LogP contribution is -2.20. The fourth-order valence-electron chi connectivity index (χ4n) is 1.62. The van der Waals surface area contributed by atoms with E-state index in [1.54, 1.807) is 12.3 Å². The van der Waals surface area contributed by atoms with Crippen LogP contribution in [0.3, 0.4) is 0 Å². The van der Waals surface area contributed by atoms with Crippen LogP contribution in [0.1, 0.15) is 12.1 Å². The first-order chi connectivity index (χ1) is 7.40. The van der Waals surface area contributed by atoms with Crippen molar-refractivity contribution in [2.75, 3.05) is 18.4 Å². The minimum Gasteiger partial charge on any atom is -0.329 e. The molecule has 0 radical (unpaired) electrons. The van der Waals surface area contributed by atoms with Crippen molar-refractivity contribution in [2.24, 2.45) is 0 Å². The van der Waals surface area contributed by atoms with Gasteiger partial charge in [-0.2, -0.15) is 0 Å². The molecule has 2 N–H and O–H groups in total. The lowest BCUT2D eigenvalue weighted by Gasteiger charge is -2.13. The van der Waals surface area contributed by atoms with Gasteiger partial charge in [0.15, 0.2) is 0 Å². The van der Waals surface area contributed by atoms with Gasteiger partial charge in [-0.1, -0.05) is 6.08 Å². The molecule has 1 aliphatic heterocycles. The fraction of sp³-hybridized carbons (Fsp3) is 0.273. The summed E-state index contributed by atoms with van der Waals surface area (Å²) in [6.07, 6.45) is 5.51. The van der Waals surface area contributed by atoms with Gasteiger partial charge in [-0.05, 0) is 30.7 Å². The minimum atomic E-state index is 0.677. The lowest BCUT2D eigenvalue weighted by molar-refractivity contribution is -0.105. The molecule has 0 fully saturated rings. The molecule has 1 aromatic rings. The number of nitrogens with zero attached hydrogens (tertiary/aromatic N) is 1. The highest BCUT2D eigenvalue weighted by molar-refractivity contribution is 5.74. The quantitative estimate of drug-likeness (QED) is 0.721. The average Bonchev–Trinajstić information content (AvgIpc) is 2.31. The van der Waals surface area contributed by atoms with Crippen LogP contribution in [0.5, 0.6) is 0 Å². The Hall–Kier alpha value is -1.68. The molecule has 4 heteroatoms. The molecule has 0 bridgehead atoms.